The van der Waals surface area contributed by atoms with Crippen LogP contribution in [0.4, 0.5) is 11.6 Å². The van der Waals surface area contributed by atoms with Crippen molar-refractivity contribution < 1.29 is 33.8 Å². The van der Waals surface area contributed by atoms with Crippen molar-refractivity contribution in [3.05, 3.63) is 66.5 Å². The number of nitrogens with one attached hydrogen (secondary N) is 1. The summed E-state index contributed by atoms with van der Waals surface area (Å²) in [6, 6.07) is 0. The number of thiocarbonyl (C=S) groups is 1. The van der Waals surface area contributed by atoms with Crippen molar-refractivity contribution in [2.45, 2.75) is 125 Å². The van der Waals surface area contributed by atoms with Gasteiger partial charge >= 0.3 is 17.9 Å². The topological polar surface area (TPSA) is 262 Å². The summed E-state index contributed by atoms with van der Waals surface area (Å²) >= 11 is 12.3. The molecular formula is C41H67N9O7S6. The van der Waals surface area contributed by atoms with Crippen LogP contribution in [0.15, 0.2) is 0 Å². The van der Waals surface area contributed by atoms with Gasteiger partial charge in [0.25, 0.3) is 0 Å². The average Bonchev–Trinajstić information content (AvgIpc) is 3.97. The lowest BCUT2D eigenvalue weighted by atomic mass is 10.1. The first-order valence-corrected chi connectivity index (χ1v) is 24.0. The van der Waals surface area contributed by atoms with Crippen LogP contribution in [0, 0.1) is 82.1 Å². The van der Waals surface area contributed by atoms with Gasteiger partial charge in [0, 0.05) is 30.3 Å². The molecule has 0 atom stereocenters. The van der Waals surface area contributed by atoms with E-state index in [2.05, 4.69) is 54.2 Å². The molecule has 0 amide bonds. The van der Waals surface area contributed by atoms with Crippen LogP contribution >= 0.6 is 68.9 Å². The highest BCUT2D eigenvalue weighted by Gasteiger charge is 2.18. The summed E-state index contributed by atoms with van der Waals surface area (Å²) in [5, 5.41) is 13.5. The van der Waals surface area contributed by atoms with Crippen LogP contribution in [0.3, 0.4) is 0 Å². The maximum atomic E-state index is 11.2. The van der Waals surface area contributed by atoms with Gasteiger partial charge in [-0.1, -0.05) is 39.9 Å². The number of aromatic nitrogens is 5. The van der Waals surface area contributed by atoms with E-state index in [9.17, 15) is 19.2 Å². The molecule has 22 heteroatoms. The predicted octanol–water partition coefficient (Wildman–Crippen LogP) is 9.94. The Balaban J connectivity index is -0.000000671. The van der Waals surface area contributed by atoms with Gasteiger partial charge in [-0.15, -0.1) is 56.7 Å². The van der Waals surface area contributed by atoms with E-state index in [1.165, 1.54) is 38.3 Å². The highest BCUT2D eigenvalue weighted by atomic mass is 32.1. The van der Waals surface area contributed by atoms with Gasteiger partial charge in [-0.25, -0.2) is 45.1 Å². The molecule has 0 bridgehead atoms. The highest BCUT2D eigenvalue weighted by Crippen LogP contribution is 2.20. The van der Waals surface area contributed by atoms with Crippen molar-refractivity contribution in [3.63, 3.8) is 0 Å². The number of ketones is 1. The van der Waals surface area contributed by atoms with E-state index < -0.39 is 17.7 Å². The number of aryl methyl sites for hydroxylation is 11. The fourth-order valence-corrected chi connectivity index (χ4v) is 7.88. The normalized spacial score (nSPS) is 9.33. The molecule has 5 aromatic heterocycles. The van der Waals surface area contributed by atoms with Crippen LogP contribution in [-0.2, 0) is 19.1 Å². The number of hydrazine groups is 1. The number of thiazole rings is 5. The van der Waals surface area contributed by atoms with Gasteiger partial charge in [-0.2, -0.15) is 0 Å². The number of aromatic carboxylic acids is 1. The van der Waals surface area contributed by atoms with Crippen LogP contribution in [0.25, 0.3) is 0 Å². The van der Waals surface area contributed by atoms with Crippen LogP contribution in [-0.4, -0.2) is 71.9 Å². The molecule has 354 valence electrons. The van der Waals surface area contributed by atoms with Crippen molar-refractivity contribution in [1.82, 2.24) is 24.9 Å². The summed E-state index contributed by atoms with van der Waals surface area (Å²) in [5.41, 5.74) is 14.6. The number of carbonyl (C=O) groups excluding carboxylic acids is 3. The number of carbonyl (C=O) groups is 4. The van der Waals surface area contributed by atoms with Crippen molar-refractivity contribution in [3.8, 4) is 0 Å². The molecule has 5 rings (SSSR count). The SMILES string of the molecule is CC.CC(N)=S.CCOC(=O)C(=O)C(C)C.CCOC(=O)c1nc(C)sc1C.Cc1nc(C(=O)O)c(C)s1.Cc1nc(C)c(C)s1.Cc1nc(N)c(C)s1.Cc1nc(NN)c(C)s1. The Morgan fingerprint density at radius 1 is 0.651 bits per heavy atom. The Kier molecular flexibility index (Phi) is 34.1. The largest absolute Gasteiger partial charge is 0.476 e. The van der Waals surface area contributed by atoms with Gasteiger partial charge in [-0.05, 0) is 96.9 Å². The minimum absolute atomic E-state index is 0.183. The van der Waals surface area contributed by atoms with Crippen molar-refractivity contribution in [2.24, 2.45) is 17.5 Å². The summed E-state index contributed by atoms with van der Waals surface area (Å²) in [7, 11) is 0. The molecule has 0 saturated heterocycles. The predicted molar refractivity (Wildman–Crippen MR) is 268 cm³/mol. The fourth-order valence-electron chi connectivity index (χ4n) is 3.92. The summed E-state index contributed by atoms with van der Waals surface area (Å²) in [6.07, 6.45) is 0. The standard InChI is InChI=1S/C8H11NO2S.C7H12O3.C6H7NO2S.C6H9NS.C5H9N3S.C5H8N2S.C2H5NS.C2H6/c1-4-11-8(10)7-5(2)12-6(3)9-7;1-4-10-7(9)6(8)5(2)3;1-3-5(6(8)9)7-4(2)10-3;1-4-5(2)8-6(3)7-4;1-3-5(8-6)7-4(2)9-3;1-3-5(6)7-4(2)8-3;1-2(3)4;1-2/h4H2,1-3H3;5H,4H2,1-3H3;1-2H3,(H,8,9);1-3H3;8H,6H2,1-2H3;6H2,1-2H3;1H3,(H2,3,4);1-2H3. The second-order valence-corrected chi connectivity index (χ2v) is 20.2. The molecule has 0 radical (unpaired) electrons. The van der Waals surface area contributed by atoms with E-state index in [1.807, 2.05) is 69.2 Å². The number of rotatable bonds is 7. The van der Waals surface area contributed by atoms with E-state index in [1.54, 1.807) is 82.5 Å². The van der Waals surface area contributed by atoms with E-state index in [0.717, 1.165) is 45.4 Å². The molecule has 8 N–H and O–H groups in total. The third-order valence-electron chi connectivity index (χ3n) is 6.59. The summed E-state index contributed by atoms with van der Waals surface area (Å²) < 4.78 is 9.30. The number of nitrogens with zero attached hydrogens (tertiary/aromatic N) is 5. The van der Waals surface area contributed by atoms with Crippen LogP contribution in [0.5, 0.6) is 0 Å². The molecule has 0 spiro atoms. The number of nitrogens with two attached hydrogens (primary N) is 3. The number of hydrogen-bond acceptors (Lipinski definition) is 20. The monoisotopic (exact) mass is 989 g/mol. The second-order valence-electron chi connectivity index (χ2n) is 12.5. The number of ether oxygens (including phenoxy) is 2. The van der Waals surface area contributed by atoms with Crippen molar-refractivity contribution in [2.75, 3.05) is 24.4 Å². The quantitative estimate of drug-likeness (QED) is 0.0334. The van der Waals surface area contributed by atoms with Crippen molar-refractivity contribution in [1.29, 1.82) is 0 Å². The van der Waals surface area contributed by atoms with Crippen LogP contribution in [0.1, 0.15) is 125 Å². The first-order valence-electron chi connectivity index (χ1n) is 19.5. The van der Waals surface area contributed by atoms with Gasteiger partial charge in [0.2, 0.25) is 5.78 Å². The van der Waals surface area contributed by atoms with E-state index >= 15 is 0 Å². The molecule has 16 nitrogen and oxygen atoms in total. The Bertz CT molecular complexity index is 2050. The molecule has 0 aliphatic rings. The summed E-state index contributed by atoms with van der Waals surface area (Å²) in [6.45, 7) is 34.5. The fraction of sp³-hybridized carbons (Fsp3) is 0.512. The third-order valence-corrected chi connectivity index (χ3v) is 11.1. The maximum absolute atomic E-state index is 11.2. The number of nitrogen functional groups attached to an aromatic ring is 2. The number of esters is 2. The number of carboxylic acids is 1. The van der Waals surface area contributed by atoms with E-state index in [0.29, 0.717) is 23.1 Å². The molecule has 0 aliphatic carbocycles. The molecule has 5 heterocycles. The van der Waals surface area contributed by atoms with E-state index in [4.69, 9.17) is 27.2 Å². The third kappa shape index (κ3) is 28.2. The molecule has 0 aliphatic heterocycles. The lowest BCUT2D eigenvalue weighted by Crippen LogP contribution is -2.21. The van der Waals surface area contributed by atoms with E-state index in [-0.39, 0.29) is 24.2 Å². The second kappa shape index (κ2) is 34.1. The minimum Gasteiger partial charge on any atom is -0.476 e. The Morgan fingerprint density at radius 3 is 1.24 bits per heavy atom. The number of carboxylic acid groups (broad SMARTS) is 1. The Labute approximate surface area is 398 Å². The first-order chi connectivity index (χ1) is 29.2. The zero-order chi connectivity index (χ0) is 49.7. The molecular weight excluding hydrogens is 923 g/mol. The van der Waals surface area contributed by atoms with Gasteiger partial charge in [-0.3, -0.25) is 4.79 Å². The van der Waals surface area contributed by atoms with Crippen LogP contribution < -0.4 is 22.7 Å². The minimum atomic E-state index is -0.943. The molecule has 0 fully saturated rings. The molecule has 0 aromatic carbocycles. The Morgan fingerprint density at radius 2 is 1.03 bits per heavy atom. The number of Topliss-reactive ketones (excluding diaryl/α,β-unsaturated/α-hetero) is 1. The molecule has 63 heavy (non-hydrogen) atoms. The first kappa shape index (κ1) is 63.0. The molecule has 0 saturated carbocycles. The zero-order valence-corrected chi connectivity index (χ0v) is 44.7. The smallest absolute Gasteiger partial charge is 0.374 e. The van der Waals surface area contributed by atoms with Gasteiger partial charge < -0.3 is 31.5 Å². The molecule has 5 aromatic rings. The van der Waals surface area contributed by atoms with Gasteiger partial charge in [0.1, 0.15) is 5.82 Å². The summed E-state index contributed by atoms with van der Waals surface area (Å²) in [4.78, 5) is 69.0. The van der Waals surface area contributed by atoms with Crippen molar-refractivity contribution >= 4 is 109 Å². The lowest BCUT2D eigenvalue weighted by molar-refractivity contribution is -0.154. The van der Waals surface area contributed by atoms with Crippen LogP contribution in [0.2, 0.25) is 0 Å². The Hall–Kier alpha value is -4.32. The summed E-state index contributed by atoms with van der Waals surface area (Å²) in [5.74, 6) is 3.91. The highest BCUT2D eigenvalue weighted by molar-refractivity contribution is 7.80. The lowest BCUT2D eigenvalue weighted by Gasteiger charge is -2.01. The average molecular weight is 990 g/mol. The van der Waals surface area contributed by atoms with Gasteiger partial charge in [0.15, 0.2) is 17.2 Å². The maximum Gasteiger partial charge on any atom is 0.374 e. The zero-order valence-electron chi connectivity index (χ0n) is 39.8. The molecule has 0 unspecified atom stereocenters. The van der Waals surface area contributed by atoms with Gasteiger partial charge in [0.05, 0.1) is 48.9 Å². The number of anilines is 2. The number of hydrogen-bond donors (Lipinski definition) is 5.